The molecule has 0 aliphatic heterocycles. The van der Waals surface area contributed by atoms with Crippen molar-refractivity contribution in [3.05, 3.63) is 54.0 Å². The first kappa shape index (κ1) is 19.3. The van der Waals surface area contributed by atoms with Gasteiger partial charge in [0.05, 0.1) is 17.8 Å². The molecule has 0 aliphatic carbocycles. The van der Waals surface area contributed by atoms with E-state index in [0.717, 1.165) is 29.4 Å². The number of nitrogens with one attached hydrogen (secondary N) is 1. The number of thioether (sulfide) groups is 1. The van der Waals surface area contributed by atoms with Crippen molar-refractivity contribution < 1.29 is 4.74 Å². The van der Waals surface area contributed by atoms with Crippen LogP contribution in [0.25, 0.3) is 11.4 Å². The van der Waals surface area contributed by atoms with Gasteiger partial charge < -0.3 is 10.1 Å². The van der Waals surface area contributed by atoms with Gasteiger partial charge in [-0.2, -0.15) is 0 Å². The van der Waals surface area contributed by atoms with Gasteiger partial charge in [0.2, 0.25) is 0 Å². The molecule has 25 heavy (non-hydrogen) atoms. The van der Waals surface area contributed by atoms with Gasteiger partial charge in [0.15, 0.2) is 11.0 Å². The van der Waals surface area contributed by atoms with Gasteiger partial charge >= 0.3 is 0 Å². The maximum absolute atomic E-state index is 6.32. The number of methoxy groups -OCH3 is 1. The van der Waals surface area contributed by atoms with E-state index in [1.807, 2.05) is 18.2 Å². The lowest BCUT2D eigenvalue weighted by molar-refractivity contribution is 0.415. The molecule has 0 spiro atoms. The number of nitrogens with zero attached hydrogens (tertiary/aromatic N) is 3. The third kappa shape index (κ3) is 5.76. The molecule has 0 unspecified atom stereocenters. The number of aromatic nitrogens is 2. The minimum absolute atomic E-state index is 0.558. The summed E-state index contributed by atoms with van der Waals surface area (Å²) in [7, 11) is 1.61. The van der Waals surface area contributed by atoms with Crippen LogP contribution in [0, 0.1) is 0 Å². The van der Waals surface area contributed by atoms with Gasteiger partial charge in [0.25, 0.3) is 0 Å². The van der Waals surface area contributed by atoms with Crippen LogP contribution in [0.4, 0.5) is 0 Å². The van der Waals surface area contributed by atoms with Gasteiger partial charge in [0.1, 0.15) is 5.75 Å². The summed E-state index contributed by atoms with van der Waals surface area (Å²) in [6.07, 6.45) is 4.36. The Balaban J connectivity index is 2.14. The highest BCUT2D eigenvalue weighted by Crippen LogP contribution is 2.29. The van der Waals surface area contributed by atoms with Crippen LogP contribution in [0.5, 0.6) is 5.75 Å². The van der Waals surface area contributed by atoms with Gasteiger partial charge in [-0.3, -0.25) is 4.99 Å². The van der Waals surface area contributed by atoms with E-state index in [2.05, 4.69) is 33.8 Å². The maximum Gasteiger partial charge on any atom is 0.160 e. The van der Waals surface area contributed by atoms with Crippen molar-refractivity contribution in [2.45, 2.75) is 19.1 Å². The number of amidine groups is 1. The van der Waals surface area contributed by atoms with E-state index in [-0.39, 0.29) is 0 Å². The van der Waals surface area contributed by atoms with Crippen LogP contribution in [0.1, 0.15) is 19.0 Å². The fraction of sp³-hybridized carbons (Fsp3) is 0.278. The molecule has 7 heteroatoms. The summed E-state index contributed by atoms with van der Waals surface area (Å²) in [4.78, 5) is 13.4. The molecule has 0 amide bonds. The lowest BCUT2D eigenvalue weighted by Gasteiger charge is -2.08. The quantitative estimate of drug-likeness (QED) is 0.568. The first-order valence-corrected chi connectivity index (χ1v) is 9.24. The van der Waals surface area contributed by atoms with Crippen LogP contribution < -0.4 is 10.1 Å². The highest BCUT2D eigenvalue weighted by Gasteiger charge is 2.09. The van der Waals surface area contributed by atoms with E-state index in [4.69, 9.17) is 16.3 Å². The molecule has 1 aromatic carbocycles. The first-order valence-electron chi connectivity index (χ1n) is 7.88. The Bertz CT molecular complexity index is 752. The number of benzene rings is 1. The van der Waals surface area contributed by atoms with Gasteiger partial charge in [0, 0.05) is 24.1 Å². The lowest BCUT2D eigenvalue weighted by Crippen LogP contribution is -2.14. The zero-order chi connectivity index (χ0) is 18.1. The average Bonchev–Trinajstić information content (AvgIpc) is 2.64. The van der Waals surface area contributed by atoms with Crippen LogP contribution in [0.3, 0.4) is 0 Å². The largest absolute Gasteiger partial charge is 0.497 e. The average molecular weight is 377 g/mol. The fourth-order valence-corrected chi connectivity index (χ4v) is 3.04. The molecule has 0 aliphatic rings. The molecule has 0 atom stereocenters. The van der Waals surface area contributed by atoms with Gasteiger partial charge in [-0.15, -0.1) is 0 Å². The van der Waals surface area contributed by atoms with Crippen molar-refractivity contribution in [2.24, 2.45) is 4.99 Å². The number of ether oxygens (including phenoxy) is 1. The molecular weight excluding hydrogens is 356 g/mol. The molecule has 2 aromatic rings. The second-order valence-electron chi connectivity index (χ2n) is 5.04. The van der Waals surface area contributed by atoms with Crippen LogP contribution in [-0.4, -0.2) is 28.8 Å². The normalized spacial score (nSPS) is 11.2. The molecule has 2 rings (SSSR count). The van der Waals surface area contributed by atoms with Crippen molar-refractivity contribution >= 4 is 28.5 Å². The molecule has 1 heterocycles. The number of hydrogen-bond donors (Lipinski definition) is 1. The van der Waals surface area contributed by atoms with Crippen molar-refractivity contribution in [3.8, 4) is 17.1 Å². The number of rotatable bonds is 7. The fourth-order valence-electron chi connectivity index (χ4n) is 1.99. The highest BCUT2D eigenvalue weighted by atomic mass is 35.5. The molecule has 0 fully saturated rings. The van der Waals surface area contributed by atoms with Crippen LogP contribution in [-0.2, 0) is 5.75 Å². The van der Waals surface area contributed by atoms with E-state index < -0.39 is 0 Å². The van der Waals surface area contributed by atoms with Crippen molar-refractivity contribution in [1.29, 1.82) is 0 Å². The van der Waals surface area contributed by atoms with Crippen LogP contribution >= 0.6 is 23.4 Å². The van der Waals surface area contributed by atoms with E-state index >= 15 is 0 Å². The van der Waals surface area contributed by atoms with Crippen LogP contribution in [0.2, 0.25) is 5.02 Å². The summed E-state index contributed by atoms with van der Waals surface area (Å²) < 4.78 is 5.17. The SMILES string of the molecule is C=CNC(=NCCC)SCc1ccnc(-c2ccc(OC)cc2Cl)n1. The molecule has 0 saturated carbocycles. The molecule has 1 N–H and O–H groups in total. The lowest BCUT2D eigenvalue weighted by atomic mass is 10.2. The standard InChI is InChI=1S/C18H21ClN4OS/c1-4-9-22-18(20-5-2)25-12-13-8-10-21-17(23-13)15-7-6-14(24-3)11-16(15)19/h5-8,10-11H,2,4,9,12H2,1,3H3,(H,20,22). The summed E-state index contributed by atoms with van der Waals surface area (Å²) in [5.74, 6) is 1.97. The summed E-state index contributed by atoms with van der Waals surface area (Å²) in [5, 5.41) is 4.45. The number of aliphatic imine (C=N–C) groups is 1. The van der Waals surface area contributed by atoms with E-state index in [1.54, 1.807) is 37.3 Å². The predicted octanol–water partition coefficient (Wildman–Crippen LogP) is 4.54. The van der Waals surface area contributed by atoms with Crippen molar-refractivity contribution in [1.82, 2.24) is 15.3 Å². The Morgan fingerprint density at radius 1 is 1.44 bits per heavy atom. The second-order valence-corrected chi connectivity index (χ2v) is 6.41. The monoisotopic (exact) mass is 376 g/mol. The van der Waals surface area contributed by atoms with E-state index in [9.17, 15) is 0 Å². The number of hydrogen-bond acceptors (Lipinski definition) is 5. The molecule has 5 nitrogen and oxygen atoms in total. The predicted molar refractivity (Wildman–Crippen MR) is 106 cm³/mol. The van der Waals surface area contributed by atoms with E-state index in [0.29, 0.717) is 22.3 Å². The topological polar surface area (TPSA) is 59.4 Å². The molecule has 1 aromatic heterocycles. The van der Waals surface area contributed by atoms with E-state index in [1.165, 1.54) is 0 Å². The maximum atomic E-state index is 6.32. The molecule has 132 valence electrons. The Morgan fingerprint density at radius 3 is 2.96 bits per heavy atom. The molecule has 0 radical (unpaired) electrons. The smallest absolute Gasteiger partial charge is 0.160 e. The molecule has 0 saturated heterocycles. The number of halogens is 1. The van der Waals surface area contributed by atoms with Gasteiger partial charge in [-0.1, -0.05) is 36.9 Å². The summed E-state index contributed by atoms with van der Waals surface area (Å²) in [5.41, 5.74) is 1.68. The molecular formula is C18H21ClN4OS. The minimum atomic E-state index is 0.558. The minimum Gasteiger partial charge on any atom is -0.497 e. The van der Waals surface area contributed by atoms with Crippen LogP contribution in [0.15, 0.2) is 48.2 Å². The summed E-state index contributed by atoms with van der Waals surface area (Å²) >= 11 is 7.89. The summed E-state index contributed by atoms with van der Waals surface area (Å²) in [6, 6.07) is 7.35. The Kier molecular flexibility index (Phi) is 7.76. The second kappa shape index (κ2) is 10.1. The Morgan fingerprint density at radius 2 is 2.28 bits per heavy atom. The van der Waals surface area contributed by atoms with Crippen molar-refractivity contribution in [2.75, 3.05) is 13.7 Å². The first-order chi connectivity index (χ1) is 12.2. The van der Waals surface area contributed by atoms with Gasteiger partial charge in [-0.05, 0) is 36.9 Å². The Hall–Kier alpha value is -2.05. The van der Waals surface area contributed by atoms with Gasteiger partial charge in [-0.25, -0.2) is 9.97 Å². The zero-order valence-corrected chi connectivity index (χ0v) is 15.9. The Labute approximate surface area is 157 Å². The summed E-state index contributed by atoms with van der Waals surface area (Å²) in [6.45, 7) is 6.56. The third-order valence-electron chi connectivity index (χ3n) is 3.19. The molecule has 0 bridgehead atoms. The zero-order valence-electron chi connectivity index (χ0n) is 14.3. The third-order valence-corrected chi connectivity index (χ3v) is 4.46. The highest BCUT2D eigenvalue weighted by molar-refractivity contribution is 8.13. The van der Waals surface area contributed by atoms with Crippen molar-refractivity contribution in [3.63, 3.8) is 0 Å².